The van der Waals surface area contributed by atoms with Gasteiger partial charge in [0, 0.05) is 5.56 Å². The zero-order valence-electron chi connectivity index (χ0n) is 9.97. The molecule has 3 atom stereocenters. The first kappa shape index (κ1) is 11.8. The van der Waals surface area contributed by atoms with E-state index in [4.69, 9.17) is 5.26 Å². The number of hydrogen-bond acceptors (Lipinski definition) is 3. The van der Waals surface area contributed by atoms with Crippen molar-refractivity contribution in [2.75, 3.05) is 0 Å². The van der Waals surface area contributed by atoms with E-state index < -0.39 is 5.60 Å². The first-order valence-electron chi connectivity index (χ1n) is 5.73. The second-order valence-corrected chi connectivity index (χ2v) is 4.80. The first-order chi connectivity index (χ1) is 8.04. The Kier molecular flexibility index (Phi) is 2.76. The number of nitriles is 1. The zero-order chi connectivity index (χ0) is 12.6. The van der Waals surface area contributed by atoms with Gasteiger partial charge in [0.05, 0.1) is 12.5 Å². The minimum Gasteiger partial charge on any atom is -0.384 e. The van der Waals surface area contributed by atoms with Gasteiger partial charge < -0.3 is 5.11 Å². The molecule has 3 heteroatoms. The Hall–Kier alpha value is -1.66. The van der Waals surface area contributed by atoms with Gasteiger partial charge in [-0.05, 0) is 29.0 Å². The van der Waals surface area contributed by atoms with Crippen molar-refractivity contribution in [2.24, 2.45) is 5.92 Å². The van der Waals surface area contributed by atoms with Gasteiger partial charge >= 0.3 is 0 Å². The van der Waals surface area contributed by atoms with Crippen LogP contribution in [0.15, 0.2) is 18.2 Å². The van der Waals surface area contributed by atoms with E-state index in [9.17, 15) is 9.90 Å². The van der Waals surface area contributed by atoms with E-state index in [0.29, 0.717) is 5.56 Å². The average molecular weight is 229 g/mol. The van der Waals surface area contributed by atoms with Crippen molar-refractivity contribution in [3.63, 3.8) is 0 Å². The molecule has 3 unspecified atom stereocenters. The van der Waals surface area contributed by atoms with Crippen molar-refractivity contribution >= 4 is 6.29 Å². The monoisotopic (exact) mass is 229 g/mol. The number of aliphatic hydroxyl groups is 1. The molecule has 1 aromatic rings. The number of nitrogens with zero attached hydrogens (tertiary/aromatic N) is 1. The van der Waals surface area contributed by atoms with Gasteiger partial charge in [0.2, 0.25) is 0 Å². The van der Waals surface area contributed by atoms with Gasteiger partial charge in [0.1, 0.15) is 11.9 Å². The number of carbonyl (C=O) groups excluding carboxylic acids is 1. The highest BCUT2D eigenvalue weighted by atomic mass is 16.3. The molecule has 1 N–H and O–H groups in total. The quantitative estimate of drug-likeness (QED) is 0.792. The Balaban J connectivity index is 2.61. The van der Waals surface area contributed by atoms with Gasteiger partial charge in [-0.2, -0.15) is 5.26 Å². The molecule has 0 bridgehead atoms. The zero-order valence-corrected chi connectivity index (χ0v) is 9.97. The maximum absolute atomic E-state index is 10.8. The molecule has 0 saturated carbocycles. The van der Waals surface area contributed by atoms with Crippen LogP contribution in [0.25, 0.3) is 0 Å². The van der Waals surface area contributed by atoms with Gasteiger partial charge in [-0.3, -0.25) is 4.79 Å². The predicted molar refractivity (Wildman–Crippen MR) is 63.5 cm³/mol. The molecule has 0 aromatic heterocycles. The molecule has 1 aliphatic rings. The molecule has 88 valence electrons. The molecule has 0 fully saturated rings. The van der Waals surface area contributed by atoms with Crippen LogP contribution in [0.4, 0.5) is 0 Å². The molecule has 0 spiro atoms. The summed E-state index contributed by atoms with van der Waals surface area (Å²) in [5.41, 5.74) is 1.20. The summed E-state index contributed by atoms with van der Waals surface area (Å²) < 4.78 is 0. The highest BCUT2D eigenvalue weighted by Crippen LogP contribution is 2.50. The lowest BCUT2D eigenvalue weighted by Crippen LogP contribution is -2.30. The summed E-state index contributed by atoms with van der Waals surface area (Å²) in [7, 11) is 0. The fourth-order valence-electron chi connectivity index (χ4n) is 2.72. The molecule has 1 aliphatic carbocycles. The number of aldehydes is 1. The predicted octanol–water partition coefficient (Wildman–Crippen LogP) is 2.35. The molecule has 0 saturated heterocycles. The Labute approximate surface area is 101 Å². The van der Waals surface area contributed by atoms with Gasteiger partial charge in [-0.25, -0.2) is 0 Å². The number of fused-ring (bicyclic) bond motifs is 1. The number of hydrogen-bond donors (Lipinski definition) is 1. The van der Waals surface area contributed by atoms with Gasteiger partial charge in [-0.1, -0.05) is 26.0 Å². The fourth-order valence-corrected chi connectivity index (χ4v) is 2.72. The van der Waals surface area contributed by atoms with Crippen molar-refractivity contribution in [2.45, 2.75) is 31.8 Å². The summed E-state index contributed by atoms with van der Waals surface area (Å²) in [5, 5.41) is 19.5. The summed E-state index contributed by atoms with van der Waals surface area (Å²) >= 11 is 0. The fraction of sp³-hybridized carbons (Fsp3) is 0.429. The third-order valence-corrected chi connectivity index (χ3v) is 4.02. The minimum absolute atomic E-state index is 0.0148. The van der Waals surface area contributed by atoms with Gasteiger partial charge in [0.15, 0.2) is 0 Å². The van der Waals surface area contributed by atoms with E-state index in [1.807, 2.05) is 26.0 Å². The highest BCUT2D eigenvalue weighted by Gasteiger charge is 2.46. The summed E-state index contributed by atoms with van der Waals surface area (Å²) in [6.45, 7) is 3.99. The van der Waals surface area contributed by atoms with Crippen molar-refractivity contribution in [1.82, 2.24) is 0 Å². The van der Waals surface area contributed by atoms with E-state index in [1.165, 1.54) is 0 Å². The topological polar surface area (TPSA) is 61.1 Å². The highest BCUT2D eigenvalue weighted by molar-refractivity contribution is 5.75. The molecule has 3 nitrogen and oxygen atoms in total. The molecule has 0 heterocycles. The Morgan fingerprint density at radius 3 is 2.82 bits per heavy atom. The molecule has 0 aliphatic heterocycles. The SMILES string of the molecule is CC1c2ccc(C=O)cc2C(O)(CC#N)C1C. The summed E-state index contributed by atoms with van der Waals surface area (Å²) in [5.74, 6) is 0.183. The molecule has 1 aromatic carbocycles. The summed E-state index contributed by atoms with van der Waals surface area (Å²) in [4.78, 5) is 10.8. The maximum atomic E-state index is 10.8. The van der Waals surface area contributed by atoms with Crippen molar-refractivity contribution in [1.29, 1.82) is 5.26 Å². The van der Waals surface area contributed by atoms with Crippen molar-refractivity contribution < 1.29 is 9.90 Å². The van der Waals surface area contributed by atoms with E-state index in [-0.39, 0.29) is 18.3 Å². The lowest BCUT2D eigenvalue weighted by molar-refractivity contribution is -0.00625. The standard InChI is InChI=1S/C14H15NO2/c1-9-10(2)14(17,5-6-15)13-7-11(8-16)3-4-12(9)13/h3-4,7-10,17H,5H2,1-2H3. The van der Waals surface area contributed by atoms with E-state index in [0.717, 1.165) is 17.4 Å². The second-order valence-electron chi connectivity index (χ2n) is 4.80. The van der Waals surface area contributed by atoms with Crippen LogP contribution in [0.3, 0.4) is 0 Å². The van der Waals surface area contributed by atoms with Crippen LogP contribution >= 0.6 is 0 Å². The van der Waals surface area contributed by atoms with Crippen LogP contribution < -0.4 is 0 Å². The third kappa shape index (κ3) is 1.57. The van der Waals surface area contributed by atoms with Crippen LogP contribution in [0.1, 0.15) is 47.7 Å². The molecule has 0 amide bonds. The Morgan fingerprint density at radius 1 is 1.53 bits per heavy atom. The number of rotatable bonds is 2. The van der Waals surface area contributed by atoms with Crippen LogP contribution in [0, 0.1) is 17.2 Å². The molecular weight excluding hydrogens is 214 g/mol. The maximum Gasteiger partial charge on any atom is 0.150 e. The normalized spacial score (nSPS) is 30.7. The van der Waals surface area contributed by atoms with E-state index in [2.05, 4.69) is 0 Å². The average Bonchev–Trinajstić information content (AvgIpc) is 2.52. The first-order valence-corrected chi connectivity index (χ1v) is 5.73. The van der Waals surface area contributed by atoms with Crippen LogP contribution in [0.5, 0.6) is 0 Å². The van der Waals surface area contributed by atoms with Crippen LogP contribution in [-0.2, 0) is 5.60 Å². The second kappa shape index (κ2) is 3.97. The van der Waals surface area contributed by atoms with Crippen molar-refractivity contribution in [3.05, 3.63) is 34.9 Å². The van der Waals surface area contributed by atoms with Crippen LogP contribution in [-0.4, -0.2) is 11.4 Å². The Bertz CT molecular complexity index is 503. The van der Waals surface area contributed by atoms with Crippen molar-refractivity contribution in [3.8, 4) is 6.07 Å². The summed E-state index contributed by atoms with van der Waals surface area (Å²) in [6.07, 6.45) is 0.828. The van der Waals surface area contributed by atoms with Crippen LogP contribution in [0.2, 0.25) is 0 Å². The molecule has 0 radical (unpaired) electrons. The smallest absolute Gasteiger partial charge is 0.150 e. The summed E-state index contributed by atoms with van der Waals surface area (Å²) in [6, 6.07) is 7.39. The van der Waals surface area contributed by atoms with Gasteiger partial charge in [-0.15, -0.1) is 0 Å². The molecular formula is C14H15NO2. The largest absolute Gasteiger partial charge is 0.384 e. The minimum atomic E-state index is -1.12. The van der Waals surface area contributed by atoms with E-state index >= 15 is 0 Å². The molecule has 17 heavy (non-hydrogen) atoms. The number of carbonyl (C=O) groups is 1. The molecule has 2 rings (SSSR count). The lowest BCUT2D eigenvalue weighted by Gasteiger charge is -2.27. The third-order valence-electron chi connectivity index (χ3n) is 4.02. The number of benzene rings is 1. The van der Waals surface area contributed by atoms with Gasteiger partial charge in [0.25, 0.3) is 0 Å². The Morgan fingerprint density at radius 2 is 2.24 bits per heavy atom. The van der Waals surface area contributed by atoms with E-state index in [1.54, 1.807) is 12.1 Å². The lowest BCUT2D eigenvalue weighted by atomic mass is 9.83.